The van der Waals surface area contributed by atoms with Crippen molar-refractivity contribution in [1.82, 2.24) is 5.32 Å². The SMILES string of the molecule is NC(=O)CNCC(=O)OCc1ccc(Cl)cc1. The maximum absolute atomic E-state index is 11.2. The van der Waals surface area contributed by atoms with E-state index >= 15 is 0 Å². The standard InChI is InChI=1S/C11H13ClN2O3/c12-9-3-1-8(2-4-9)7-17-11(16)6-14-5-10(13)15/h1-4,14H,5-7H2,(H2,13,15). The third-order valence-corrected chi connectivity index (χ3v) is 2.13. The van der Waals surface area contributed by atoms with Crippen molar-refractivity contribution in [3.05, 3.63) is 34.9 Å². The van der Waals surface area contributed by atoms with Gasteiger partial charge in [-0.15, -0.1) is 0 Å². The van der Waals surface area contributed by atoms with E-state index in [4.69, 9.17) is 22.1 Å². The summed E-state index contributed by atoms with van der Waals surface area (Å²) in [5.41, 5.74) is 5.74. The number of esters is 1. The van der Waals surface area contributed by atoms with Gasteiger partial charge in [-0.2, -0.15) is 0 Å². The van der Waals surface area contributed by atoms with Gasteiger partial charge in [0, 0.05) is 5.02 Å². The third-order valence-electron chi connectivity index (χ3n) is 1.88. The number of nitrogens with two attached hydrogens (primary N) is 1. The lowest BCUT2D eigenvalue weighted by Gasteiger charge is -2.05. The number of hydrogen-bond donors (Lipinski definition) is 2. The van der Waals surface area contributed by atoms with Crippen LogP contribution in [0.2, 0.25) is 5.02 Å². The van der Waals surface area contributed by atoms with Crippen LogP contribution in [0.5, 0.6) is 0 Å². The van der Waals surface area contributed by atoms with E-state index in [0.29, 0.717) is 5.02 Å². The number of primary amides is 1. The summed E-state index contributed by atoms with van der Waals surface area (Å²) < 4.78 is 4.95. The summed E-state index contributed by atoms with van der Waals surface area (Å²) in [6.07, 6.45) is 0. The number of rotatable bonds is 6. The average Bonchev–Trinajstić information content (AvgIpc) is 2.28. The molecule has 0 aliphatic heterocycles. The van der Waals surface area contributed by atoms with Gasteiger partial charge < -0.3 is 10.5 Å². The largest absolute Gasteiger partial charge is 0.460 e. The van der Waals surface area contributed by atoms with Gasteiger partial charge in [0.25, 0.3) is 0 Å². The minimum absolute atomic E-state index is 0.0451. The summed E-state index contributed by atoms with van der Waals surface area (Å²) >= 11 is 5.71. The van der Waals surface area contributed by atoms with Crippen LogP contribution in [-0.4, -0.2) is 25.0 Å². The van der Waals surface area contributed by atoms with Crippen molar-refractivity contribution in [2.75, 3.05) is 13.1 Å². The number of halogens is 1. The molecule has 0 fully saturated rings. The van der Waals surface area contributed by atoms with E-state index < -0.39 is 11.9 Å². The summed E-state index contributed by atoms with van der Waals surface area (Å²) in [4.78, 5) is 21.6. The molecule has 1 rings (SSSR count). The second kappa shape index (κ2) is 6.88. The van der Waals surface area contributed by atoms with Crippen molar-refractivity contribution in [3.8, 4) is 0 Å². The van der Waals surface area contributed by atoms with Crippen molar-refractivity contribution in [3.63, 3.8) is 0 Å². The fourth-order valence-corrected chi connectivity index (χ4v) is 1.21. The van der Waals surface area contributed by atoms with Gasteiger partial charge in [0.1, 0.15) is 6.61 Å². The van der Waals surface area contributed by atoms with Crippen LogP contribution < -0.4 is 11.1 Å². The van der Waals surface area contributed by atoms with E-state index in [0.717, 1.165) is 5.56 Å². The molecule has 0 atom stereocenters. The molecule has 0 saturated heterocycles. The molecule has 1 amide bonds. The molecule has 17 heavy (non-hydrogen) atoms. The second-order valence-electron chi connectivity index (χ2n) is 3.36. The Morgan fingerprint density at radius 1 is 1.24 bits per heavy atom. The summed E-state index contributed by atoms with van der Waals surface area (Å²) in [6.45, 7) is 0.0842. The number of benzene rings is 1. The number of nitrogens with one attached hydrogen (secondary N) is 1. The lowest BCUT2D eigenvalue weighted by molar-refractivity contribution is -0.143. The minimum Gasteiger partial charge on any atom is -0.460 e. The van der Waals surface area contributed by atoms with Crippen LogP contribution >= 0.6 is 11.6 Å². The monoisotopic (exact) mass is 256 g/mol. The zero-order valence-electron chi connectivity index (χ0n) is 9.11. The summed E-state index contributed by atoms with van der Waals surface area (Å²) in [6, 6.07) is 6.98. The number of hydrogen-bond acceptors (Lipinski definition) is 4. The van der Waals surface area contributed by atoms with E-state index in [1.54, 1.807) is 24.3 Å². The van der Waals surface area contributed by atoms with Crippen LogP contribution in [0, 0.1) is 0 Å². The lowest BCUT2D eigenvalue weighted by Crippen LogP contribution is -2.33. The number of carbonyl (C=O) groups excluding carboxylic acids is 2. The van der Waals surface area contributed by atoms with Gasteiger partial charge in [0.15, 0.2) is 0 Å². The molecule has 0 radical (unpaired) electrons. The topological polar surface area (TPSA) is 81.4 Å². The fourth-order valence-electron chi connectivity index (χ4n) is 1.08. The van der Waals surface area contributed by atoms with Crippen molar-refractivity contribution in [1.29, 1.82) is 0 Å². The molecule has 6 heteroatoms. The van der Waals surface area contributed by atoms with Gasteiger partial charge in [-0.1, -0.05) is 23.7 Å². The molecule has 0 aliphatic rings. The van der Waals surface area contributed by atoms with Crippen molar-refractivity contribution in [2.24, 2.45) is 5.73 Å². The molecule has 0 bridgehead atoms. The highest BCUT2D eigenvalue weighted by atomic mass is 35.5. The first kappa shape index (κ1) is 13.5. The average molecular weight is 257 g/mol. The van der Waals surface area contributed by atoms with Crippen LogP contribution in [-0.2, 0) is 20.9 Å². The molecule has 0 aliphatic carbocycles. The summed E-state index contributed by atoms with van der Waals surface area (Å²) in [5.74, 6) is -0.961. The highest BCUT2D eigenvalue weighted by molar-refractivity contribution is 6.30. The Kier molecular flexibility index (Phi) is 5.45. The fraction of sp³-hybridized carbons (Fsp3) is 0.273. The molecule has 0 spiro atoms. The van der Waals surface area contributed by atoms with E-state index in [-0.39, 0.29) is 19.7 Å². The maximum Gasteiger partial charge on any atom is 0.320 e. The Bertz CT molecular complexity index is 392. The predicted molar refractivity (Wildman–Crippen MR) is 63.3 cm³/mol. The van der Waals surface area contributed by atoms with Gasteiger partial charge in [0.05, 0.1) is 13.1 Å². The molecule has 92 valence electrons. The van der Waals surface area contributed by atoms with Crippen LogP contribution in [0.15, 0.2) is 24.3 Å². The summed E-state index contributed by atoms with van der Waals surface area (Å²) in [7, 11) is 0. The Morgan fingerprint density at radius 3 is 2.47 bits per heavy atom. The van der Waals surface area contributed by atoms with Crippen LogP contribution in [0.25, 0.3) is 0 Å². The molecule has 3 N–H and O–H groups in total. The molecular weight excluding hydrogens is 244 g/mol. The number of carbonyl (C=O) groups is 2. The molecule has 5 nitrogen and oxygen atoms in total. The zero-order valence-corrected chi connectivity index (χ0v) is 9.87. The minimum atomic E-state index is -0.518. The van der Waals surface area contributed by atoms with Gasteiger partial charge in [-0.25, -0.2) is 0 Å². The van der Waals surface area contributed by atoms with E-state index in [9.17, 15) is 9.59 Å². The van der Waals surface area contributed by atoms with Gasteiger partial charge in [-0.05, 0) is 17.7 Å². The second-order valence-corrected chi connectivity index (χ2v) is 3.79. The zero-order chi connectivity index (χ0) is 12.7. The Morgan fingerprint density at radius 2 is 1.88 bits per heavy atom. The van der Waals surface area contributed by atoms with Gasteiger partial charge >= 0.3 is 5.97 Å². The smallest absolute Gasteiger partial charge is 0.320 e. The molecular formula is C11H13ClN2O3. The molecule has 0 saturated carbocycles. The third kappa shape index (κ3) is 5.89. The van der Waals surface area contributed by atoms with Crippen molar-refractivity contribution in [2.45, 2.75) is 6.61 Å². The van der Waals surface area contributed by atoms with Crippen LogP contribution in [0.1, 0.15) is 5.56 Å². The summed E-state index contributed by atoms with van der Waals surface area (Å²) in [5, 5.41) is 3.19. The number of ether oxygens (including phenoxy) is 1. The first-order valence-corrected chi connectivity index (χ1v) is 5.35. The van der Waals surface area contributed by atoms with E-state index in [2.05, 4.69) is 5.32 Å². The normalized spacial score (nSPS) is 9.94. The van der Waals surface area contributed by atoms with Crippen molar-refractivity contribution < 1.29 is 14.3 Å². The highest BCUT2D eigenvalue weighted by Gasteiger charge is 2.03. The Hall–Kier alpha value is -1.59. The van der Waals surface area contributed by atoms with Crippen LogP contribution in [0.4, 0.5) is 0 Å². The first-order valence-electron chi connectivity index (χ1n) is 4.97. The van der Waals surface area contributed by atoms with Gasteiger partial charge in [0.2, 0.25) is 5.91 Å². The lowest BCUT2D eigenvalue weighted by atomic mass is 10.2. The Balaban J connectivity index is 2.23. The molecule has 1 aromatic carbocycles. The van der Waals surface area contributed by atoms with E-state index in [1.165, 1.54) is 0 Å². The number of amides is 1. The Labute approximate surface area is 104 Å². The first-order chi connectivity index (χ1) is 8.08. The molecule has 0 heterocycles. The van der Waals surface area contributed by atoms with Gasteiger partial charge in [-0.3, -0.25) is 14.9 Å². The predicted octanol–water partition coefficient (Wildman–Crippen LogP) is 0.458. The molecule has 0 unspecified atom stereocenters. The maximum atomic E-state index is 11.2. The van der Waals surface area contributed by atoms with Crippen molar-refractivity contribution >= 4 is 23.5 Å². The quantitative estimate of drug-likeness (QED) is 0.725. The van der Waals surface area contributed by atoms with Crippen LogP contribution in [0.3, 0.4) is 0 Å². The highest BCUT2D eigenvalue weighted by Crippen LogP contribution is 2.10. The molecule has 1 aromatic rings. The molecule has 0 aromatic heterocycles. The van der Waals surface area contributed by atoms with E-state index in [1.807, 2.05) is 0 Å².